The van der Waals surface area contributed by atoms with Gasteiger partial charge in [-0.2, -0.15) is 0 Å². The molecule has 1 N–H and O–H groups in total. The van der Waals surface area contributed by atoms with Crippen LogP contribution in [0.1, 0.15) is 44.1 Å². The van der Waals surface area contributed by atoms with Crippen LogP contribution in [0.25, 0.3) is 11.5 Å². The van der Waals surface area contributed by atoms with Crippen molar-refractivity contribution in [3.63, 3.8) is 0 Å². The van der Waals surface area contributed by atoms with Crippen LogP contribution in [0.3, 0.4) is 0 Å². The molecule has 0 atom stereocenters. The number of nitrogens with zero attached hydrogens (tertiary/aromatic N) is 4. The molecule has 1 aliphatic rings. The average Bonchev–Trinajstić information content (AvgIpc) is 3.08. The highest BCUT2D eigenvalue weighted by Gasteiger charge is 2.27. The summed E-state index contributed by atoms with van der Waals surface area (Å²) in [5.74, 6) is 2.24. The summed E-state index contributed by atoms with van der Waals surface area (Å²) in [5.41, 5.74) is 1.78. The molecule has 3 heterocycles. The summed E-state index contributed by atoms with van der Waals surface area (Å²) < 4.78 is 0. The molecule has 6 heteroatoms. The van der Waals surface area contributed by atoms with E-state index in [1.807, 2.05) is 31.7 Å². The van der Waals surface area contributed by atoms with Crippen molar-refractivity contribution in [3.05, 3.63) is 30.0 Å². The molecule has 1 fully saturated rings. The van der Waals surface area contributed by atoms with Gasteiger partial charge in [-0.15, -0.1) is 0 Å². The Labute approximate surface area is 136 Å². The Morgan fingerprint density at radius 2 is 2.04 bits per heavy atom. The second-order valence-corrected chi connectivity index (χ2v) is 6.44. The van der Waals surface area contributed by atoms with Gasteiger partial charge in [0, 0.05) is 43.0 Å². The standard InChI is InChI=1S/C17H23N5O/c1-11(2)17(23)22-8-4-13(5-9-22)15-20-12(3)10-14(21-15)16-18-6-7-19-16/h6-7,10-11,13H,4-5,8-9H2,1-3H3,(H,18,19). The smallest absolute Gasteiger partial charge is 0.225 e. The molecule has 0 aliphatic carbocycles. The number of imidazole rings is 1. The van der Waals surface area contributed by atoms with E-state index in [-0.39, 0.29) is 11.8 Å². The van der Waals surface area contributed by atoms with Crippen LogP contribution in [-0.4, -0.2) is 43.8 Å². The number of H-pyrrole nitrogens is 1. The van der Waals surface area contributed by atoms with E-state index in [2.05, 4.69) is 15.0 Å². The number of aromatic nitrogens is 4. The van der Waals surface area contributed by atoms with Gasteiger partial charge in [0.1, 0.15) is 11.5 Å². The minimum absolute atomic E-state index is 0.0623. The van der Waals surface area contributed by atoms with Gasteiger partial charge in [0.15, 0.2) is 5.82 Å². The molecule has 3 rings (SSSR count). The quantitative estimate of drug-likeness (QED) is 0.945. The molecule has 23 heavy (non-hydrogen) atoms. The fourth-order valence-electron chi connectivity index (χ4n) is 3.02. The lowest BCUT2D eigenvalue weighted by Crippen LogP contribution is -2.40. The van der Waals surface area contributed by atoms with Gasteiger partial charge in [0.25, 0.3) is 0 Å². The number of carbonyl (C=O) groups is 1. The van der Waals surface area contributed by atoms with Gasteiger partial charge in [-0.25, -0.2) is 15.0 Å². The molecule has 0 saturated carbocycles. The molecular weight excluding hydrogens is 290 g/mol. The molecule has 122 valence electrons. The SMILES string of the molecule is Cc1cc(-c2ncc[nH]2)nc(C2CCN(C(=O)C(C)C)CC2)n1. The van der Waals surface area contributed by atoms with Crippen molar-refractivity contribution in [2.45, 2.75) is 39.5 Å². The number of hydrogen-bond donors (Lipinski definition) is 1. The van der Waals surface area contributed by atoms with E-state index < -0.39 is 0 Å². The zero-order chi connectivity index (χ0) is 16.4. The molecule has 0 bridgehead atoms. The van der Waals surface area contributed by atoms with Crippen molar-refractivity contribution in [1.82, 2.24) is 24.8 Å². The van der Waals surface area contributed by atoms with Crippen molar-refractivity contribution in [2.75, 3.05) is 13.1 Å². The van der Waals surface area contributed by atoms with Crippen molar-refractivity contribution in [2.24, 2.45) is 5.92 Å². The van der Waals surface area contributed by atoms with E-state index in [1.165, 1.54) is 0 Å². The molecule has 0 aromatic carbocycles. The van der Waals surface area contributed by atoms with Crippen LogP contribution in [0.4, 0.5) is 0 Å². The van der Waals surface area contributed by atoms with Crippen molar-refractivity contribution in [3.8, 4) is 11.5 Å². The summed E-state index contributed by atoms with van der Waals surface area (Å²) in [6.45, 7) is 7.46. The fraction of sp³-hybridized carbons (Fsp3) is 0.529. The highest BCUT2D eigenvalue weighted by molar-refractivity contribution is 5.78. The number of likely N-dealkylation sites (tertiary alicyclic amines) is 1. The monoisotopic (exact) mass is 313 g/mol. The Balaban J connectivity index is 1.75. The van der Waals surface area contributed by atoms with Crippen molar-refractivity contribution in [1.29, 1.82) is 0 Å². The second-order valence-electron chi connectivity index (χ2n) is 6.44. The van der Waals surface area contributed by atoms with Crippen LogP contribution in [0.15, 0.2) is 18.5 Å². The molecule has 0 unspecified atom stereocenters. The molecule has 2 aromatic rings. The maximum atomic E-state index is 12.1. The molecule has 1 saturated heterocycles. The summed E-state index contributed by atoms with van der Waals surface area (Å²) in [5, 5.41) is 0. The summed E-state index contributed by atoms with van der Waals surface area (Å²) in [6, 6.07) is 1.94. The van der Waals surface area contributed by atoms with Crippen LogP contribution in [0.2, 0.25) is 0 Å². The molecule has 1 amide bonds. The third-order valence-electron chi connectivity index (χ3n) is 4.28. The predicted octanol–water partition coefficient (Wildman–Crippen LogP) is 2.54. The average molecular weight is 313 g/mol. The van der Waals surface area contributed by atoms with E-state index in [1.54, 1.807) is 12.4 Å². The zero-order valence-corrected chi connectivity index (χ0v) is 13.9. The van der Waals surface area contributed by atoms with Gasteiger partial charge in [0.2, 0.25) is 5.91 Å². The first-order valence-corrected chi connectivity index (χ1v) is 8.18. The summed E-state index contributed by atoms with van der Waals surface area (Å²) >= 11 is 0. The van der Waals surface area contributed by atoms with Gasteiger partial charge in [-0.05, 0) is 25.8 Å². The minimum Gasteiger partial charge on any atom is -0.343 e. The first-order valence-electron chi connectivity index (χ1n) is 8.18. The third-order valence-corrected chi connectivity index (χ3v) is 4.28. The number of hydrogen-bond acceptors (Lipinski definition) is 4. The lowest BCUT2D eigenvalue weighted by Gasteiger charge is -2.32. The predicted molar refractivity (Wildman–Crippen MR) is 87.7 cm³/mol. The highest BCUT2D eigenvalue weighted by Crippen LogP contribution is 2.27. The van der Waals surface area contributed by atoms with Gasteiger partial charge in [-0.1, -0.05) is 13.8 Å². The van der Waals surface area contributed by atoms with Crippen LogP contribution >= 0.6 is 0 Å². The topological polar surface area (TPSA) is 74.8 Å². The Morgan fingerprint density at radius 3 is 2.65 bits per heavy atom. The number of aromatic amines is 1. The second kappa shape index (κ2) is 6.48. The maximum Gasteiger partial charge on any atom is 0.225 e. The van der Waals surface area contributed by atoms with Crippen LogP contribution in [-0.2, 0) is 4.79 Å². The summed E-state index contributed by atoms with van der Waals surface area (Å²) in [4.78, 5) is 30.7. The Hall–Kier alpha value is -2.24. The first kappa shape index (κ1) is 15.6. The number of piperidine rings is 1. The van der Waals surface area contributed by atoms with E-state index in [4.69, 9.17) is 4.98 Å². The number of nitrogens with one attached hydrogen (secondary N) is 1. The Morgan fingerprint density at radius 1 is 1.30 bits per heavy atom. The number of aryl methyl sites for hydroxylation is 1. The van der Waals surface area contributed by atoms with Gasteiger partial charge < -0.3 is 9.88 Å². The van der Waals surface area contributed by atoms with Crippen molar-refractivity contribution < 1.29 is 4.79 Å². The molecular formula is C17H23N5O. The van der Waals surface area contributed by atoms with Crippen molar-refractivity contribution >= 4 is 5.91 Å². The molecule has 0 radical (unpaired) electrons. The molecule has 6 nitrogen and oxygen atoms in total. The Kier molecular flexibility index (Phi) is 4.41. The summed E-state index contributed by atoms with van der Waals surface area (Å²) in [7, 11) is 0. The lowest BCUT2D eigenvalue weighted by atomic mass is 9.95. The van der Waals surface area contributed by atoms with E-state index in [9.17, 15) is 4.79 Å². The number of rotatable bonds is 3. The Bertz CT molecular complexity index is 672. The van der Waals surface area contributed by atoms with Gasteiger partial charge >= 0.3 is 0 Å². The molecule has 2 aromatic heterocycles. The van der Waals surface area contributed by atoms with E-state index in [0.29, 0.717) is 5.92 Å². The van der Waals surface area contributed by atoms with Crippen LogP contribution < -0.4 is 0 Å². The van der Waals surface area contributed by atoms with Gasteiger partial charge in [-0.3, -0.25) is 4.79 Å². The number of carbonyl (C=O) groups excluding carboxylic acids is 1. The normalized spacial score (nSPS) is 16.1. The van der Waals surface area contributed by atoms with Crippen LogP contribution in [0, 0.1) is 12.8 Å². The number of amides is 1. The molecule has 1 aliphatic heterocycles. The lowest BCUT2D eigenvalue weighted by molar-refractivity contribution is -0.135. The largest absolute Gasteiger partial charge is 0.343 e. The van der Waals surface area contributed by atoms with Crippen LogP contribution in [0.5, 0.6) is 0 Å². The first-order chi connectivity index (χ1) is 11.0. The maximum absolute atomic E-state index is 12.1. The third kappa shape index (κ3) is 3.41. The molecule has 0 spiro atoms. The minimum atomic E-state index is 0.0623. The van der Waals surface area contributed by atoms with E-state index >= 15 is 0 Å². The summed E-state index contributed by atoms with van der Waals surface area (Å²) in [6.07, 6.45) is 5.35. The van der Waals surface area contributed by atoms with E-state index in [0.717, 1.165) is 49.0 Å². The fourth-order valence-corrected chi connectivity index (χ4v) is 3.02. The zero-order valence-electron chi connectivity index (χ0n) is 13.9. The van der Waals surface area contributed by atoms with Gasteiger partial charge in [0.05, 0.1) is 0 Å². The highest BCUT2D eigenvalue weighted by atomic mass is 16.2.